The Morgan fingerprint density at radius 3 is 2.60 bits per heavy atom. The molecule has 20 heavy (non-hydrogen) atoms. The van der Waals surface area contributed by atoms with Crippen molar-refractivity contribution in [3.63, 3.8) is 0 Å². The van der Waals surface area contributed by atoms with Gasteiger partial charge in [0.25, 0.3) is 0 Å². The normalized spacial score (nSPS) is 11.9. The SMILES string of the molecule is CC(C)CCCCCCNS(=O)(=O)c1cnccc1N. The molecule has 114 valence electrons. The Kier molecular flexibility index (Phi) is 6.95. The summed E-state index contributed by atoms with van der Waals surface area (Å²) in [5.41, 5.74) is 5.87. The van der Waals surface area contributed by atoms with Crippen LogP contribution < -0.4 is 10.5 Å². The van der Waals surface area contributed by atoms with Crippen molar-refractivity contribution in [1.29, 1.82) is 0 Å². The van der Waals surface area contributed by atoms with Crippen molar-refractivity contribution in [2.45, 2.75) is 50.8 Å². The third-order valence-corrected chi connectivity index (χ3v) is 4.61. The maximum atomic E-state index is 12.0. The highest BCUT2D eigenvalue weighted by Gasteiger charge is 2.16. The van der Waals surface area contributed by atoms with E-state index in [0.29, 0.717) is 6.54 Å². The van der Waals surface area contributed by atoms with E-state index in [4.69, 9.17) is 5.73 Å². The van der Waals surface area contributed by atoms with Crippen LogP contribution in [0, 0.1) is 5.92 Å². The second kappa shape index (κ2) is 8.21. The maximum absolute atomic E-state index is 12.0. The second-order valence-corrected chi connectivity index (χ2v) is 7.14. The lowest BCUT2D eigenvalue weighted by Gasteiger charge is -2.08. The summed E-state index contributed by atoms with van der Waals surface area (Å²) in [6, 6.07) is 1.49. The van der Waals surface area contributed by atoms with Crippen molar-refractivity contribution in [2.75, 3.05) is 12.3 Å². The van der Waals surface area contributed by atoms with Gasteiger partial charge in [-0.2, -0.15) is 0 Å². The average molecular weight is 299 g/mol. The molecule has 0 aromatic carbocycles. The Bertz CT molecular complexity index is 501. The molecule has 0 atom stereocenters. The second-order valence-electron chi connectivity index (χ2n) is 5.41. The first-order chi connectivity index (χ1) is 9.43. The Morgan fingerprint density at radius 2 is 1.95 bits per heavy atom. The summed E-state index contributed by atoms with van der Waals surface area (Å²) < 4.78 is 26.6. The van der Waals surface area contributed by atoms with Gasteiger partial charge in [0.1, 0.15) is 4.90 Å². The number of pyridine rings is 1. The van der Waals surface area contributed by atoms with Gasteiger partial charge in [-0.05, 0) is 18.4 Å². The van der Waals surface area contributed by atoms with E-state index in [1.165, 1.54) is 31.3 Å². The third-order valence-electron chi connectivity index (χ3n) is 3.11. The van der Waals surface area contributed by atoms with Crippen molar-refractivity contribution in [3.05, 3.63) is 18.5 Å². The number of nitrogens with one attached hydrogen (secondary N) is 1. The zero-order valence-electron chi connectivity index (χ0n) is 12.3. The Hall–Kier alpha value is -1.14. The van der Waals surface area contributed by atoms with Gasteiger partial charge < -0.3 is 5.73 Å². The van der Waals surface area contributed by atoms with E-state index in [1.807, 2.05) is 0 Å². The fourth-order valence-corrected chi connectivity index (χ4v) is 3.08. The van der Waals surface area contributed by atoms with E-state index < -0.39 is 10.0 Å². The topological polar surface area (TPSA) is 85.1 Å². The number of hydrogen-bond acceptors (Lipinski definition) is 4. The summed E-state index contributed by atoms with van der Waals surface area (Å²) >= 11 is 0. The molecule has 0 saturated heterocycles. The van der Waals surface area contributed by atoms with Crippen molar-refractivity contribution >= 4 is 15.7 Å². The van der Waals surface area contributed by atoms with Crippen molar-refractivity contribution in [3.8, 4) is 0 Å². The summed E-state index contributed by atoms with van der Waals surface area (Å²) in [6.07, 6.45) is 8.23. The largest absolute Gasteiger partial charge is 0.398 e. The van der Waals surface area contributed by atoms with Crippen LogP contribution in [0.25, 0.3) is 0 Å². The van der Waals surface area contributed by atoms with Crippen molar-refractivity contribution in [1.82, 2.24) is 9.71 Å². The monoisotopic (exact) mass is 299 g/mol. The van der Waals surface area contributed by atoms with Crippen LogP contribution in [0.4, 0.5) is 5.69 Å². The van der Waals surface area contributed by atoms with Gasteiger partial charge in [-0.1, -0.05) is 39.5 Å². The molecule has 0 aliphatic heterocycles. The highest BCUT2D eigenvalue weighted by Crippen LogP contribution is 2.15. The van der Waals surface area contributed by atoms with Gasteiger partial charge in [0.2, 0.25) is 10.0 Å². The predicted molar refractivity (Wildman–Crippen MR) is 81.8 cm³/mol. The number of aromatic nitrogens is 1. The first-order valence-corrected chi connectivity index (χ1v) is 8.61. The molecule has 1 aromatic rings. The lowest BCUT2D eigenvalue weighted by molar-refractivity contribution is 0.517. The van der Waals surface area contributed by atoms with Gasteiger partial charge in [0.05, 0.1) is 5.69 Å². The first-order valence-electron chi connectivity index (χ1n) is 7.12. The number of nitrogens with two attached hydrogens (primary N) is 1. The minimum absolute atomic E-state index is 0.0554. The molecule has 3 N–H and O–H groups in total. The summed E-state index contributed by atoms with van der Waals surface area (Å²) in [5, 5.41) is 0. The smallest absolute Gasteiger partial charge is 0.244 e. The van der Waals surface area contributed by atoms with Gasteiger partial charge in [-0.15, -0.1) is 0 Å². The minimum Gasteiger partial charge on any atom is -0.398 e. The quantitative estimate of drug-likeness (QED) is 0.686. The first kappa shape index (κ1) is 16.9. The van der Waals surface area contributed by atoms with E-state index in [9.17, 15) is 8.42 Å². The van der Waals surface area contributed by atoms with Gasteiger partial charge >= 0.3 is 0 Å². The number of anilines is 1. The molecule has 1 aromatic heterocycles. The molecule has 0 bridgehead atoms. The molecule has 6 heteroatoms. The van der Waals surface area contributed by atoms with Crippen LogP contribution >= 0.6 is 0 Å². The zero-order valence-corrected chi connectivity index (χ0v) is 13.1. The van der Waals surface area contributed by atoms with E-state index >= 15 is 0 Å². The van der Waals surface area contributed by atoms with Gasteiger partial charge in [-0.3, -0.25) is 4.98 Å². The van der Waals surface area contributed by atoms with Crippen LogP contribution in [0.5, 0.6) is 0 Å². The highest BCUT2D eigenvalue weighted by molar-refractivity contribution is 7.89. The fourth-order valence-electron chi connectivity index (χ4n) is 1.93. The Morgan fingerprint density at radius 1 is 1.25 bits per heavy atom. The van der Waals surface area contributed by atoms with Crippen LogP contribution in [-0.4, -0.2) is 19.9 Å². The summed E-state index contributed by atoms with van der Waals surface area (Å²) in [7, 11) is -3.53. The Labute approximate surface area is 122 Å². The summed E-state index contributed by atoms with van der Waals surface area (Å²) in [4.78, 5) is 3.85. The van der Waals surface area contributed by atoms with Crippen molar-refractivity contribution < 1.29 is 8.42 Å². The van der Waals surface area contributed by atoms with E-state index in [0.717, 1.165) is 25.2 Å². The molecule has 0 fully saturated rings. The molecule has 1 heterocycles. The molecule has 1 rings (SSSR count). The van der Waals surface area contributed by atoms with Gasteiger partial charge in [0, 0.05) is 18.9 Å². The van der Waals surface area contributed by atoms with Crippen molar-refractivity contribution in [2.24, 2.45) is 5.92 Å². The number of nitrogens with zero attached hydrogens (tertiary/aromatic N) is 1. The molecule has 0 amide bonds. The highest BCUT2D eigenvalue weighted by atomic mass is 32.2. The molecule has 5 nitrogen and oxygen atoms in total. The van der Waals surface area contributed by atoms with E-state index in [2.05, 4.69) is 23.6 Å². The average Bonchev–Trinajstić information content (AvgIpc) is 2.37. The molecular weight excluding hydrogens is 274 g/mol. The minimum atomic E-state index is -3.53. The molecule has 0 saturated carbocycles. The number of rotatable bonds is 9. The number of hydrogen-bond donors (Lipinski definition) is 2. The molecule has 0 radical (unpaired) electrons. The van der Waals surface area contributed by atoms with Crippen LogP contribution in [0.15, 0.2) is 23.4 Å². The Balaban J connectivity index is 2.29. The van der Waals surface area contributed by atoms with Crippen LogP contribution in [0.2, 0.25) is 0 Å². The molecular formula is C14H25N3O2S. The van der Waals surface area contributed by atoms with Crippen LogP contribution in [0.1, 0.15) is 46.0 Å². The summed E-state index contributed by atoms with van der Waals surface area (Å²) in [5.74, 6) is 0.738. The van der Waals surface area contributed by atoms with Gasteiger partial charge in [-0.25, -0.2) is 13.1 Å². The third kappa shape index (κ3) is 5.88. The standard InChI is InChI=1S/C14H25N3O2S/c1-12(2)7-5-3-4-6-9-17-20(18,19)14-11-16-10-8-13(14)15/h8,10-12,17H,3-7,9H2,1-2H3,(H2,15,16). The molecule has 0 spiro atoms. The zero-order chi connectivity index (χ0) is 15.0. The van der Waals surface area contributed by atoms with Crippen LogP contribution in [-0.2, 0) is 10.0 Å². The van der Waals surface area contributed by atoms with E-state index in [1.54, 1.807) is 0 Å². The molecule has 0 unspecified atom stereocenters. The molecule has 0 aliphatic rings. The number of nitrogen functional groups attached to an aromatic ring is 1. The molecule has 0 aliphatic carbocycles. The number of unbranched alkanes of at least 4 members (excludes halogenated alkanes) is 3. The lowest BCUT2D eigenvalue weighted by Crippen LogP contribution is -2.25. The van der Waals surface area contributed by atoms with E-state index in [-0.39, 0.29) is 10.6 Å². The lowest BCUT2D eigenvalue weighted by atomic mass is 10.0. The summed E-state index contributed by atoms with van der Waals surface area (Å²) in [6.45, 7) is 4.87. The maximum Gasteiger partial charge on any atom is 0.244 e. The predicted octanol–water partition coefficient (Wildman–Crippen LogP) is 2.55. The number of sulfonamides is 1. The van der Waals surface area contributed by atoms with Crippen LogP contribution in [0.3, 0.4) is 0 Å². The fraction of sp³-hybridized carbons (Fsp3) is 0.643. The van der Waals surface area contributed by atoms with Gasteiger partial charge in [0.15, 0.2) is 0 Å².